The number of hydrogen-bond donors (Lipinski definition) is 3. The lowest BCUT2D eigenvalue weighted by atomic mass is 9.95. The second kappa shape index (κ2) is 7.12. The second-order valence-corrected chi connectivity index (χ2v) is 6.55. The molecule has 3 N–H and O–H groups in total. The molecule has 2 heterocycles. The zero-order chi connectivity index (χ0) is 17.7. The highest BCUT2D eigenvalue weighted by Crippen LogP contribution is 2.19. The summed E-state index contributed by atoms with van der Waals surface area (Å²) >= 11 is 0. The van der Waals surface area contributed by atoms with E-state index in [0.717, 1.165) is 11.1 Å². The van der Waals surface area contributed by atoms with Crippen LogP contribution in [-0.2, 0) is 4.79 Å². The molecule has 2 aromatic rings. The van der Waals surface area contributed by atoms with Gasteiger partial charge in [-0.3, -0.25) is 9.78 Å². The van der Waals surface area contributed by atoms with Gasteiger partial charge in [0, 0.05) is 24.2 Å². The number of aromatic nitrogens is 2. The fourth-order valence-electron chi connectivity index (χ4n) is 2.03. The van der Waals surface area contributed by atoms with Gasteiger partial charge < -0.3 is 15.4 Å². The summed E-state index contributed by atoms with van der Waals surface area (Å²) in [5.74, 6) is -1.58. The Morgan fingerprint density at radius 1 is 1.25 bits per heavy atom. The van der Waals surface area contributed by atoms with Crippen LogP contribution in [0, 0.1) is 5.41 Å². The van der Waals surface area contributed by atoms with Crippen molar-refractivity contribution in [3.8, 4) is 11.1 Å². The van der Waals surface area contributed by atoms with Crippen LogP contribution in [0.15, 0.2) is 48.9 Å². The zero-order valence-electron chi connectivity index (χ0n) is 13.9. The molecule has 0 saturated carbocycles. The van der Waals surface area contributed by atoms with E-state index >= 15 is 0 Å². The van der Waals surface area contributed by atoms with Gasteiger partial charge in [-0.15, -0.1) is 0 Å². The SMILES string of the molecule is CC(C)(C)/C=C/[C@@H](NC(=O)c1cc(-c2ccncc2)c[nH]1)C(=O)O. The molecule has 1 atom stereocenters. The van der Waals surface area contributed by atoms with Crippen molar-refractivity contribution < 1.29 is 14.7 Å². The van der Waals surface area contributed by atoms with Crippen molar-refractivity contribution in [1.82, 2.24) is 15.3 Å². The fourth-order valence-corrected chi connectivity index (χ4v) is 2.03. The molecule has 0 aliphatic rings. The molecule has 24 heavy (non-hydrogen) atoms. The minimum Gasteiger partial charge on any atom is -0.479 e. The summed E-state index contributed by atoms with van der Waals surface area (Å²) in [4.78, 5) is 30.4. The zero-order valence-corrected chi connectivity index (χ0v) is 13.9. The van der Waals surface area contributed by atoms with Gasteiger partial charge in [0.2, 0.25) is 0 Å². The highest BCUT2D eigenvalue weighted by molar-refractivity contribution is 5.96. The third-order valence-corrected chi connectivity index (χ3v) is 3.28. The number of aromatic amines is 1. The maximum absolute atomic E-state index is 12.3. The van der Waals surface area contributed by atoms with E-state index in [1.54, 1.807) is 30.7 Å². The Bertz CT molecular complexity index is 742. The first-order valence-corrected chi connectivity index (χ1v) is 7.58. The van der Waals surface area contributed by atoms with Crippen LogP contribution in [0.1, 0.15) is 31.3 Å². The number of nitrogens with one attached hydrogen (secondary N) is 2. The van der Waals surface area contributed by atoms with Crippen molar-refractivity contribution in [3.63, 3.8) is 0 Å². The van der Waals surface area contributed by atoms with Gasteiger partial charge in [-0.05, 0) is 29.2 Å². The number of H-pyrrole nitrogens is 1. The maximum Gasteiger partial charge on any atom is 0.330 e. The van der Waals surface area contributed by atoms with Gasteiger partial charge in [0.05, 0.1) is 0 Å². The molecule has 0 spiro atoms. The van der Waals surface area contributed by atoms with Crippen LogP contribution in [0.2, 0.25) is 0 Å². The summed E-state index contributed by atoms with van der Waals surface area (Å²) in [6.07, 6.45) is 8.29. The largest absolute Gasteiger partial charge is 0.479 e. The van der Waals surface area contributed by atoms with Crippen molar-refractivity contribution in [1.29, 1.82) is 0 Å². The molecule has 0 radical (unpaired) electrons. The second-order valence-electron chi connectivity index (χ2n) is 6.55. The Kier molecular flexibility index (Phi) is 5.18. The Morgan fingerprint density at radius 3 is 2.50 bits per heavy atom. The minimum atomic E-state index is -1.11. The van der Waals surface area contributed by atoms with Crippen LogP contribution >= 0.6 is 0 Å². The molecule has 6 nitrogen and oxygen atoms in total. The molecule has 0 fully saturated rings. The number of aliphatic carboxylic acids is 1. The number of rotatable bonds is 5. The number of nitrogens with zero attached hydrogens (tertiary/aromatic N) is 1. The normalized spacial score (nSPS) is 13.0. The lowest BCUT2D eigenvalue weighted by molar-refractivity contribution is -0.137. The van der Waals surface area contributed by atoms with Crippen molar-refractivity contribution >= 4 is 11.9 Å². The molecule has 0 saturated heterocycles. The quantitative estimate of drug-likeness (QED) is 0.736. The Morgan fingerprint density at radius 2 is 1.92 bits per heavy atom. The van der Waals surface area contributed by atoms with Crippen LogP contribution in [0.5, 0.6) is 0 Å². The number of carboxylic acids is 1. The first-order chi connectivity index (χ1) is 11.3. The fraction of sp³-hybridized carbons (Fsp3) is 0.278. The van der Waals surface area contributed by atoms with Crippen molar-refractivity contribution in [2.24, 2.45) is 5.41 Å². The van der Waals surface area contributed by atoms with Crippen molar-refractivity contribution in [3.05, 3.63) is 54.6 Å². The number of hydrogen-bond acceptors (Lipinski definition) is 3. The average Bonchev–Trinajstić information content (AvgIpc) is 3.01. The van der Waals surface area contributed by atoms with E-state index in [0.29, 0.717) is 5.69 Å². The van der Waals surface area contributed by atoms with Crippen molar-refractivity contribution in [2.45, 2.75) is 26.8 Å². The Labute approximate surface area is 140 Å². The lowest BCUT2D eigenvalue weighted by Gasteiger charge is -2.14. The van der Waals surface area contributed by atoms with Gasteiger partial charge in [0.25, 0.3) is 5.91 Å². The molecule has 126 valence electrons. The number of carbonyl (C=O) groups is 2. The molecule has 6 heteroatoms. The molecular formula is C18H21N3O3. The Balaban J connectivity index is 2.12. The summed E-state index contributed by atoms with van der Waals surface area (Å²) < 4.78 is 0. The lowest BCUT2D eigenvalue weighted by Crippen LogP contribution is -2.39. The van der Waals surface area contributed by atoms with E-state index in [9.17, 15) is 14.7 Å². The summed E-state index contributed by atoms with van der Waals surface area (Å²) in [6.45, 7) is 5.86. The summed E-state index contributed by atoms with van der Waals surface area (Å²) in [5.41, 5.74) is 1.89. The molecule has 0 aliphatic carbocycles. The molecule has 0 aliphatic heterocycles. The van der Waals surface area contributed by atoms with Crippen LogP contribution in [0.4, 0.5) is 0 Å². The molecular weight excluding hydrogens is 306 g/mol. The predicted molar refractivity (Wildman–Crippen MR) is 91.5 cm³/mol. The summed E-state index contributed by atoms with van der Waals surface area (Å²) in [7, 11) is 0. The third kappa shape index (κ3) is 4.81. The number of pyridine rings is 1. The minimum absolute atomic E-state index is 0.167. The van der Waals surface area contributed by atoms with Gasteiger partial charge in [0.15, 0.2) is 0 Å². The molecule has 0 bridgehead atoms. The summed E-state index contributed by atoms with van der Waals surface area (Å²) in [6, 6.07) is 4.26. The average molecular weight is 327 g/mol. The van der Waals surface area contributed by atoms with E-state index in [-0.39, 0.29) is 5.41 Å². The van der Waals surface area contributed by atoms with Gasteiger partial charge in [0.1, 0.15) is 11.7 Å². The molecule has 0 aromatic carbocycles. The van der Waals surface area contributed by atoms with Crippen molar-refractivity contribution in [2.75, 3.05) is 0 Å². The number of amides is 1. The number of carbonyl (C=O) groups excluding carboxylic acids is 1. The van der Waals surface area contributed by atoms with Crippen LogP contribution < -0.4 is 5.32 Å². The highest BCUT2D eigenvalue weighted by atomic mass is 16.4. The third-order valence-electron chi connectivity index (χ3n) is 3.28. The first kappa shape index (κ1) is 17.5. The van der Waals surface area contributed by atoms with E-state index < -0.39 is 17.9 Å². The topological polar surface area (TPSA) is 95.1 Å². The number of carboxylic acid groups (broad SMARTS) is 1. The van der Waals surface area contributed by atoms with E-state index in [1.165, 1.54) is 6.08 Å². The highest BCUT2D eigenvalue weighted by Gasteiger charge is 2.20. The van der Waals surface area contributed by atoms with Gasteiger partial charge >= 0.3 is 5.97 Å². The van der Waals surface area contributed by atoms with E-state index in [4.69, 9.17) is 0 Å². The molecule has 2 aromatic heterocycles. The van der Waals surface area contributed by atoms with Crippen LogP contribution in [0.25, 0.3) is 11.1 Å². The standard InChI is InChI=1S/C18H21N3O3/c1-18(2,3)7-4-14(17(23)24)21-16(22)15-10-13(11-20-15)12-5-8-19-9-6-12/h4-11,14,20H,1-3H3,(H,21,22)(H,23,24)/b7-4+/t14-/m1/s1. The number of allylic oxidation sites excluding steroid dienone is 1. The monoisotopic (exact) mass is 327 g/mol. The Hall–Kier alpha value is -2.89. The summed E-state index contributed by atoms with van der Waals surface area (Å²) in [5, 5.41) is 11.8. The van der Waals surface area contributed by atoms with Gasteiger partial charge in [-0.25, -0.2) is 4.79 Å². The molecule has 0 unspecified atom stereocenters. The smallest absolute Gasteiger partial charge is 0.330 e. The van der Waals surface area contributed by atoms with Crippen LogP contribution in [0.3, 0.4) is 0 Å². The molecule has 2 rings (SSSR count). The predicted octanol–water partition coefficient (Wildman–Crippen LogP) is 2.86. The molecule has 1 amide bonds. The maximum atomic E-state index is 12.3. The first-order valence-electron chi connectivity index (χ1n) is 7.58. The van der Waals surface area contributed by atoms with Crippen LogP contribution in [-0.4, -0.2) is 33.0 Å². The van der Waals surface area contributed by atoms with Gasteiger partial charge in [-0.2, -0.15) is 0 Å². The van der Waals surface area contributed by atoms with Gasteiger partial charge in [-0.1, -0.05) is 32.9 Å². The van der Waals surface area contributed by atoms with E-state index in [1.807, 2.05) is 32.9 Å². The van der Waals surface area contributed by atoms with E-state index in [2.05, 4.69) is 15.3 Å².